The molecular formula is C30H30F2N6O5. The summed E-state index contributed by atoms with van der Waals surface area (Å²) in [7, 11) is 1.53. The number of carbonyl (C=O) groups excluding carboxylic acids is 2. The molecule has 2 aliphatic rings. The number of hydrogen-bond donors (Lipinski definition) is 3. The van der Waals surface area contributed by atoms with Gasteiger partial charge in [0.2, 0.25) is 5.91 Å². The summed E-state index contributed by atoms with van der Waals surface area (Å²) in [5, 5.41) is 16.7. The van der Waals surface area contributed by atoms with Crippen molar-refractivity contribution < 1.29 is 32.4 Å². The van der Waals surface area contributed by atoms with Crippen LogP contribution < -0.4 is 15.4 Å². The normalized spacial score (nSPS) is 17.2. The second-order valence-corrected chi connectivity index (χ2v) is 11.0. The fraction of sp³-hybridized carbons (Fsp3) is 0.367. The number of nitrogens with one attached hydrogen (secondary N) is 3. The van der Waals surface area contributed by atoms with Gasteiger partial charge in [0.1, 0.15) is 23.6 Å². The first kappa shape index (κ1) is 28.5. The molecule has 2 atom stereocenters. The molecule has 43 heavy (non-hydrogen) atoms. The highest BCUT2D eigenvalue weighted by molar-refractivity contribution is 6.02. The Morgan fingerprint density at radius 2 is 2.00 bits per heavy atom. The van der Waals surface area contributed by atoms with Crippen LogP contribution in [0.3, 0.4) is 0 Å². The number of methoxy groups -OCH3 is 1. The third kappa shape index (κ3) is 5.36. The van der Waals surface area contributed by atoms with Crippen molar-refractivity contribution in [1.82, 2.24) is 25.7 Å². The quantitative estimate of drug-likeness (QED) is 0.262. The van der Waals surface area contributed by atoms with Crippen LogP contribution in [0, 0.1) is 30.9 Å². The highest BCUT2D eigenvalue weighted by atomic mass is 19.2. The van der Waals surface area contributed by atoms with Gasteiger partial charge in [0.15, 0.2) is 11.6 Å². The van der Waals surface area contributed by atoms with E-state index >= 15 is 0 Å². The Morgan fingerprint density at radius 1 is 1.21 bits per heavy atom. The van der Waals surface area contributed by atoms with Crippen LogP contribution in [0.4, 0.5) is 14.5 Å². The summed E-state index contributed by atoms with van der Waals surface area (Å²) in [5.41, 5.74) is 3.87. The van der Waals surface area contributed by atoms with Crippen molar-refractivity contribution in [2.24, 2.45) is 5.41 Å². The number of H-pyrrole nitrogens is 1. The van der Waals surface area contributed by atoms with Gasteiger partial charge in [-0.25, -0.2) is 8.78 Å². The number of fused-ring (bicyclic) bond motifs is 1. The Balaban J connectivity index is 1.34. The number of rotatable bonds is 9. The van der Waals surface area contributed by atoms with Crippen LogP contribution in [-0.2, 0) is 16.0 Å². The lowest BCUT2D eigenvalue weighted by molar-refractivity contribution is -0.119. The number of anilines is 1. The molecule has 13 heteroatoms. The third-order valence-electron chi connectivity index (χ3n) is 8.20. The first-order chi connectivity index (χ1) is 20.7. The molecule has 4 aromatic rings. The van der Waals surface area contributed by atoms with E-state index in [4.69, 9.17) is 14.0 Å². The first-order valence-electron chi connectivity index (χ1n) is 13.8. The molecule has 1 aliphatic carbocycles. The van der Waals surface area contributed by atoms with Gasteiger partial charge in [-0.05, 0) is 44.9 Å². The maximum atomic E-state index is 14.6. The lowest BCUT2D eigenvalue weighted by atomic mass is 9.75. The summed E-state index contributed by atoms with van der Waals surface area (Å²) in [6.07, 6.45) is 4.40. The summed E-state index contributed by atoms with van der Waals surface area (Å²) in [6.45, 7) is 4.26. The Labute approximate surface area is 245 Å². The number of aromatic amines is 1. The van der Waals surface area contributed by atoms with Crippen LogP contribution in [-0.4, -0.2) is 58.5 Å². The molecule has 1 saturated carbocycles. The zero-order chi connectivity index (χ0) is 30.3. The number of aryl methyl sites for hydroxylation is 2. The number of aromatic nitrogens is 4. The smallest absolute Gasteiger partial charge is 0.257 e. The molecule has 1 aliphatic heterocycles. The number of amides is 2. The van der Waals surface area contributed by atoms with E-state index in [1.807, 2.05) is 13.8 Å². The number of nitrogens with zero attached hydrogens (tertiary/aromatic N) is 3. The minimum Gasteiger partial charge on any atom is -0.493 e. The molecule has 3 N–H and O–H groups in total. The van der Waals surface area contributed by atoms with Gasteiger partial charge in [-0.3, -0.25) is 19.7 Å². The third-order valence-corrected chi connectivity index (χ3v) is 8.20. The SMILES string of the molecule is COCCc1nocc1C(=O)N[C@H](C(=O)Nc1ccc(-c2c(C)n[nH]c2C)nc1)C1c2cc(F)c(F)cc2OCC12CC2. The van der Waals surface area contributed by atoms with E-state index in [9.17, 15) is 18.4 Å². The summed E-state index contributed by atoms with van der Waals surface area (Å²) in [5.74, 6) is -3.85. The van der Waals surface area contributed by atoms with Gasteiger partial charge < -0.3 is 24.6 Å². The monoisotopic (exact) mass is 592 g/mol. The molecule has 224 valence electrons. The van der Waals surface area contributed by atoms with Crippen LogP contribution in [0.2, 0.25) is 0 Å². The lowest BCUT2D eigenvalue weighted by Gasteiger charge is -2.38. The molecular weight excluding hydrogens is 562 g/mol. The molecule has 1 unspecified atom stereocenters. The standard InChI is InChI=1S/C30H30F2N6O5/c1-15-25(16(2)37-36-15)23-5-4-17(12-33-23)34-29(40)27(35-28(39)19-13-43-38-22(19)6-9-41-3)26-18-10-20(31)21(32)11-24(18)42-14-30(26)7-8-30/h4-5,10-13,26-27H,6-9,14H2,1-3H3,(H,34,40)(H,35,39)(H,36,37)/t26?,27-/m0/s1. The van der Waals surface area contributed by atoms with Gasteiger partial charge in [0.05, 0.1) is 42.2 Å². The van der Waals surface area contributed by atoms with Crippen molar-refractivity contribution in [3.05, 3.63) is 76.6 Å². The predicted octanol–water partition coefficient (Wildman–Crippen LogP) is 4.24. The number of halogens is 2. The zero-order valence-corrected chi connectivity index (χ0v) is 23.8. The fourth-order valence-corrected chi connectivity index (χ4v) is 5.81. The highest BCUT2D eigenvalue weighted by Gasteiger charge is 2.58. The van der Waals surface area contributed by atoms with Crippen molar-refractivity contribution in [2.45, 2.75) is 45.1 Å². The van der Waals surface area contributed by atoms with Crippen molar-refractivity contribution in [1.29, 1.82) is 0 Å². The first-order valence-corrected chi connectivity index (χ1v) is 13.8. The summed E-state index contributed by atoms with van der Waals surface area (Å²) in [6, 6.07) is 4.31. The molecule has 4 heterocycles. The van der Waals surface area contributed by atoms with E-state index in [2.05, 4.69) is 31.0 Å². The molecule has 2 amide bonds. The van der Waals surface area contributed by atoms with E-state index in [1.54, 1.807) is 12.1 Å². The number of pyridine rings is 1. The predicted molar refractivity (Wildman–Crippen MR) is 150 cm³/mol. The van der Waals surface area contributed by atoms with E-state index in [1.165, 1.54) is 19.6 Å². The average molecular weight is 593 g/mol. The van der Waals surface area contributed by atoms with Gasteiger partial charge in [0.25, 0.3) is 5.91 Å². The topological polar surface area (TPSA) is 144 Å². The second kappa shape index (κ2) is 11.2. The van der Waals surface area contributed by atoms with Crippen molar-refractivity contribution in [3.63, 3.8) is 0 Å². The van der Waals surface area contributed by atoms with Crippen LogP contribution in [0.1, 0.15) is 51.8 Å². The van der Waals surface area contributed by atoms with Gasteiger partial charge in [-0.2, -0.15) is 5.10 Å². The van der Waals surface area contributed by atoms with Crippen LogP contribution in [0.25, 0.3) is 11.3 Å². The number of hydrogen-bond acceptors (Lipinski definition) is 8. The summed E-state index contributed by atoms with van der Waals surface area (Å²) >= 11 is 0. The molecule has 1 fully saturated rings. The Hall–Kier alpha value is -4.65. The maximum absolute atomic E-state index is 14.6. The molecule has 6 rings (SSSR count). The molecule has 0 radical (unpaired) electrons. The number of ether oxygens (including phenoxy) is 2. The van der Waals surface area contributed by atoms with Crippen molar-refractivity contribution in [2.75, 3.05) is 25.6 Å². The van der Waals surface area contributed by atoms with Crippen LogP contribution in [0.15, 0.2) is 41.2 Å². The Morgan fingerprint density at radius 3 is 2.67 bits per heavy atom. The lowest BCUT2D eigenvalue weighted by Crippen LogP contribution is -2.52. The number of carbonyl (C=O) groups is 2. The van der Waals surface area contributed by atoms with Crippen molar-refractivity contribution >= 4 is 17.5 Å². The second-order valence-electron chi connectivity index (χ2n) is 11.0. The van der Waals surface area contributed by atoms with Gasteiger partial charge in [-0.1, -0.05) is 5.16 Å². The number of benzene rings is 1. The summed E-state index contributed by atoms with van der Waals surface area (Å²) in [4.78, 5) is 32.1. The average Bonchev–Trinajstić information content (AvgIpc) is 3.44. The fourth-order valence-electron chi connectivity index (χ4n) is 5.81. The minimum absolute atomic E-state index is 0.135. The van der Waals surface area contributed by atoms with E-state index in [-0.39, 0.29) is 17.9 Å². The van der Waals surface area contributed by atoms with Gasteiger partial charge in [0, 0.05) is 47.8 Å². The Bertz CT molecular complexity index is 1660. The van der Waals surface area contributed by atoms with E-state index < -0.39 is 40.8 Å². The van der Waals surface area contributed by atoms with Crippen LogP contribution in [0.5, 0.6) is 5.75 Å². The van der Waals surface area contributed by atoms with Gasteiger partial charge >= 0.3 is 0 Å². The Kier molecular flexibility index (Phi) is 7.42. The molecule has 3 aromatic heterocycles. The molecule has 1 spiro atoms. The van der Waals surface area contributed by atoms with Crippen LogP contribution >= 0.6 is 0 Å². The van der Waals surface area contributed by atoms with Crippen molar-refractivity contribution in [3.8, 4) is 17.0 Å². The maximum Gasteiger partial charge on any atom is 0.257 e. The van der Waals surface area contributed by atoms with E-state index in [0.29, 0.717) is 48.5 Å². The largest absolute Gasteiger partial charge is 0.493 e. The zero-order valence-electron chi connectivity index (χ0n) is 23.8. The molecule has 0 bridgehead atoms. The van der Waals surface area contributed by atoms with Gasteiger partial charge in [-0.15, -0.1) is 0 Å². The summed E-state index contributed by atoms with van der Waals surface area (Å²) < 4.78 is 44.7. The minimum atomic E-state index is -1.19. The molecule has 11 nitrogen and oxygen atoms in total. The highest BCUT2D eigenvalue weighted by Crippen LogP contribution is 2.61. The molecule has 0 saturated heterocycles. The van der Waals surface area contributed by atoms with E-state index in [0.717, 1.165) is 29.1 Å². The molecule has 1 aromatic carbocycles.